The van der Waals surface area contributed by atoms with Crippen molar-refractivity contribution in [2.45, 2.75) is 44.2 Å². The Kier molecular flexibility index (Phi) is 7.11. The van der Waals surface area contributed by atoms with Crippen molar-refractivity contribution in [3.63, 3.8) is 0 Å². The number of nitrogens with zero attached hydrogens (tertiary/aromatic N) is 2. The molecule has 2 aliphatic heterocycles. The molecule has 0 spiro atoms. The molecule has 0 aromatic heterocycles. The summed E-state index contributed by atoms with van der Waals surface area (Å²) in [5.74, 6) is 0.986. The van der Waals surface area contributed by atoms with Crippen molar-refractivity contribution in [3.8, 4) is 5.75 Å². The minimum atomic E-state index is -0.117. The van der Waals surface area contributed by atoms with Crippen molar-refractivity contribution in [1.82, 2.24) is 0 Å². The first-order valence-corrected chi connectivity index (χ1v) is 8.26. The average molecular weight is 407 g/mol. The van der Waals surface area contributed by atoms with Crippen molar-refractivity contribution >= 4 is 11.8 Å². The van der Waals surface area contributed by atoms with Crippen molar-refractivity contribution in [1.29, 1.82) is 0 Å². The summed E-state index contributed by atoms with van der Waals surface area (Å²) in [6.45, 7) is 1.66. The number of hydrogen-bond acceptors (Lipinski definition) is 2. The van der Waals surface area contributed by atoms with E-state index in [-0.39, 0.29) is 32.3 Å². The first-order valence-electron chi connectivity index (χ1n) is 8.26. The molecular weight excluding hydrogens is 383 g/mol. The zero-order valence-electron chi connectivity index (χ0n) is 13.2. The topological polar surface area (TPSA) is 68.7 Å². The Morgan fingerprint density at radius 3 is 2.70 bits per heavy atom. The van der Waals surface area contributed by atoms with E-state index in [9.17, 15) is 10.2 Å². The number of rotatable bonds is 0. The number of benzene rings is 1. The minimum absolute atomic E-state index is 0. The van der Waals surface area contributed by atoms with Crippen LogP contribution in [0.2, 0.25) is 0 Å². The second-order valence-electron chi connectivity index (χ2n) is 6.26. The molecule has 23 heavy (non-hydrogen) atoms. The third-order valence-corrected chi connectivity index (χ3v) is 4.72. The van der Waals surface area contributed by atoms with E-state index in [1.54, 1.807) is 6.07 Å². The van der Waals surface area contributed by atoms with Crippen LogP contribution in [0.5, 0.6) is 5.75 Å². The summed E-state index contributed by atoms with van der Waals surface area (Å²) in [6.07, 6.45) is 9.85. The molecule has 0 amide bonds. The summed E-state index contributed by atoms with van der Waals surface area (Å²) >= 11 is 0. The summed E-state index contributed by atoms with van der Waals surface area (Å²) in [5, 5.41) is 27.6. The molecule has 5 heteroatoms. The predicted octanol–water partition coefficient (Wildman–Crippen LogP) is 4.11. The van der Waals surface area contributed by atoms with Crippen LogP contribution in [0.1, 0.15) is 37.7 Å². The van der Waals surface area contributed by atoms with Gasteiger partial charge in [0.25, 0.3) is 0 Å². The van der Waals surface area contributed by atoms with E-state index in [0.29, 0.717) is 18.5 Å². The van der Waals surface area contributed by atoms with Gasteiger partial charge in [-0.1, -0.05) is 55.5 Å². The Hall–Kier alpha value is -0.858. The Morgan fingerprint density at radius 2 is 1.91 bits per heavy atom. The molecule has 0 bridgehead atoms. The molecule has 1 saturated carbocycles. The van der Waals surface area contributed by atoms with Gasteiger partial charge in [-0.25, -0.2) is 0 Å². The fourth-order valence-electron chi connectivity index (χ4n) is 3.60. The fourth-order valence-corrected chi connectivity index (χ4v) is 3.60. The summed E-state index contributed by atoms with van der Waals surface area (Å²) in [5.41, 5.74) is 1.71. The summed E-state index contributed by atoms with van der Waals surface area (Å²) in [7, 11) is 0. The largest absolute Gasteiger partial charge is 2.00 e. The van der Waals surface area contributed by atoms with Crippen molar-refractivity contribution < 1.29 is 30.6 Å². The minimum Gasteiger partial charge on any atom is -0.678 e. The first-order chi connectivity index (χ1) is 10.8. The summed E-state index contributed by atoms with van der Waals surface area (Å²) in [4.78, 5) is 0. The van der Waals surface area contributed by atoms with Crippen LogP contribution in [-0.4, -0.2) is 35.4 Å². The van der Waals surface area contributed by atoms with Gasteiger partial charge >= 0.3 is 20.4 Å². The van der Waals surface area contributed by atoms with Crippen LogP contribution in [0.25, 0.3) is 16.7 Å². The molecule has 1 saturated heterocycles. The van der Waals surface area contributed by atoms with Gasteiger partial charge in [0, 0.05) is 6.10 Å². The fraction of sp³-hybridized carbons (Fsp3) is 0.556. The van der Waals surface area contributed by atoms with Gasteiger partial charge in [-0.05, 0) is 18.1 Å². The molecule has 2 fully saturated rings. The van der Waals surface area contributed by atoms with Crippen LogP contribution in [-0.2, 0) is 20.4 Å². The number of piperidine rings is 1. The van der Waals surface area contributed by atoms with Gasteiger partial charge in [0.2, 0.25) is 0 Å². The average Bonchev–Trinajstić information content (AvgIpc) is 2.57. The maximum Gasteiger partial charge on any atom is 2.00 e. The molecule has 3 unspecified atom stereocenters. The number of phenolic OH excluding ortho intramolecular Hbond substituents is 1. The molecule has 2 heterocycles. The van der Waals surface area contributed by atoms with E-state index >= 15 is 0 Å². The van der Waals surface area contributed by atoms with Crippen LogP contribution < -0.4 is 0 Å². The monoisotopic (exact) mass is 406 g/mol. The maximum absolute atomic E-state index is 9.61. The molecule has 4 nitrogen and oxygen atoms in total. The number of aliphatic hydroxyl groups excluding tert-OH is 1. The Balaban J connectivity index is 0.000000160. The van der Waals surface area contributed by atoms with Crippen LogP contribution in [0.15, 0.2) is 24.3 Å². The molecule has 2 N–H and O–H groups in total. The molecule has 1 aromatic rings. The molecule has 1 aromatic carbocycles. The van der Waals surface area contributed by atoms with Gasteiger partial charge in [0.05, 0.1) is 0 Å². The Bertz CT molecular complexity index is 534. The van der Waals surface area contributed by atoms with Gasteiger partial charge in [-0.3, -0.25) is 0 Å². The number of para-hydroxylation sites is 1. The predicted molar refractivity (Wildman–Crippen MR) is 89.6 cm³/mol. The quantitative estimate of drug-likeness (QED) is 0.637. The number of fused-ring (bicyclic) bond motifs is 2. The van der Waals surface area contributed by atoms with Gasteiger partial charge in [0.15, 0.2) is 0 Å². The van der Waals surface area contributed by atoms with E-state index in [0.717, 1.165) is 24.2 Å². The van der Waals surface area contributed by atoms with E-state index < -0.39 is 0 Å². The van der Waals surface area contributed by atoms with Crippen molar-refractivity contribution in [2.24, 2.45) is 5.92 Å². The third-order valence-electron chi connectivity index (χ3n) is 4.72. The number of phenols is 1. The second kappa shape index (κ2) is 8.84. The normalized spacial score (nSPS) is 28.1. The van der Waals surface area contributed by atoms with Crippen molar-refractivity contribution in [2.75, 3.05) is 13.1 Å². The molecule has 3 atom stereocenters. The SMILES string of the molecule is OC1CCCC2CCC[N-]C12.Oc1cccc2c1[N-]CC=C2.[Pd+2]. The molecule has 3 aliphatic rings. The second-order valence-corrected chi connectivity index (χ2v) is 6.26. The van der Waals surface area contributed by atoms with Gasteiger partial charge in [-0.2, -0.15) is 0 Å². The molecule has 0 radical (unpaired) electrons. The summed E-state index contributed by atoms with van der Waals surface area (Å²) < 4.78 is 0. The van der Waals surface area contributed by atoms with Gasteiger partial charge in [-0.15, -0.1) is 25.2 Å². The van der Waals surface area contributed by atoms with Crippen LogP contribution in [0.3, 0.4) is 0 Å². The van der Waals surface area contributed by atoms with E-state index in [1.165, 1.54) is 25.7 Å². The number of aliphatic hydroxyl groups is 1. The Morgan fingerprint density at radius 1 is 1.09 bits per heavy atom. The molecule has 128 valence electrons. The van der Waals surface area contributed by atoms with E-state index in [4.69, 9.17) is 0 Å². The maximum atomic E-state index is 9.61. The number of hydrogen-bond donors (Lipinski definition) is 2. The molecule has 1 aliphatic carbocycles. The zero-order valence-corrected chi connectivity index (χ0v) is 14.7. The zero-order chi connectivity index (χ0) is 15.4. The molecular formula is C18H24N2O2Pd. The van der Waals surface area contributed by atoms with Crippen LogP contribution in [0, 0.1) is 5.92 Å². The van der Waals surface area contributed by atoms with E-state index in [2.05, 4.69) is 10.6 Å². The van der Waals surface area contributed by atoms with Crippen LogP contribution >= 0.6 is 0 Å². The van der Waals surface area contributed by atoms with Gasteiger partial charge in [0.1, 0.15) is 5.75 Å². The first kappa shape index (κ1) is 18.5. The third kappa shape index (κ3) is 4.58. The van der Waals surface area contributed by atoms with E-state index in [1.807, 2.05) is 24.3 Å². The van der Waals surface area contributed by atoms with Crippen molar-refractivity contribution in [3.05, 3.63) is 40.5 Å². The van der Waals surface area contributed by atoms with Gasteiger partial charge < -0.3 is 20.8 Å². The Labute approximate surface area is 152 Å². The van der Waals surface area contributed by atoms with Crippen LogP contribution in [0.4, 0.5) is 5.69 Å². The number of aromatic hydroxyl groups is 1. The smallest absolute Gasteiger partial charge is 0.678 e. The standard InChI is InChI=1S/C9H16NO.C9H8NO.Pd/c2*11-8-5-1-3-7-4-2-6-10-9(7)8;/h7-9,11H,1-6H2;1-5,11H,6H2;/q2*-1;+2. The summed E-state index contributed by atoms with van der Waals surface area (Å²) in [6, 6.07) is 5.72. The molecule has 4 rings (SSSR count).